The van der Waals surface area contributed by atoms with Crippen LogP contribution in [0.2, 0.25) is 5.15 Å². The number of pyridine rings is 1. The van der Waals surface area contributed by atoms with Crippen molar-refractivity contribution in [2.75, 3.05) is 31.4 Å². The molecule has 0 spiro atoms. The summed E-state index contributed by atoms with van der Waals surface area (Å²) in [6.07, 6.45) is -1.95. The van der Waals surface area contributed by atoms with E-state index in [1.54, 1.807) is 6.07 Å². The number of rotatable bonds is 9. The second kappa shape index (κ2) is 9.88. The van der Waals surface area contributed by atoms with Crippen molar-refractivity contribution in [3.05, 3.63) is 52.6 Å². The molecule has 0 atom stereocenters. The van der Waals surface area contributed by atoms with E-state index in [9.17, 15) is 13.2 Å². The van der Waals surface area contributed by atoms with Gasteiger partial charge in [-0.3, -0.25) is 0 Å². The summed E-state index contributed by atoms with van der Waals surface area (Å²) in [5.74, 6) is -0.380. The summed E-state index contributed by atoms with van der Waals surface area (Å²) in [6, 6.07) is 5.41. The quantitative estimate of drug-likeness (QED) is 0.376. The highest BCUT2D eigenvalue weighted by molar-refractivity contribution is 6.30. The first-order chi connectivity index (χ1) is 14.4. The van der Waals surface area contributed by atoms with Crippen LogP contribution in [0, 0.1) is 5.82 Å². The number of nitrogens with one attached hydrogen (secondary N) is 2. The second-order valence-electron chi connectivity index (χ2n) is 6.18. The molecule has 0 unspecified atom stereocenters. The van der Waals surface area contributed by atoms with Crippen LogP contribution < -0.4 is 10.6 Å². The van der Waals surface area contributed by atoms with Gasteiger partial charge in [-0.2, -0.15) is 4.98 Å². The van der Waals surface area contributed by atoms with E-state index in [0.717, 1.165) is 6.07 Å². The molecule has 160 valence electrons. The Morgan fingerprint density at radius 1 is 1.13 bits per heavy atom. The van der Waals surface area contributed by atoms with Crippen LogP contribution in [0.4, 0.5) is 24.9 Å². The molecule has 2 aromatic heterocycles. The maximum atomic E-state index is 14.3. The molecular formula is C19H19ClF3N5O2. The van der Waals surface area contributed by atoms with Gasteiger partial charge in [0.1, 0.15) is 16.8 Å². The summed E-state index contributed by atoms with van der Waals surface area (Å²) in [5.41, 5.74) is -0.0951. The Kier molecular flexibility index (Phi) is 7.24. The van der Waals surface area contributed by atoms with Crippen molar-refractivity contribution < 1.29 is 22.6 Å². The number of anilines is 2. The first-order valence-electron chi connectivity index (χ1n) is 8.85. The third-order valence-corrected chi connectivity index (χ3v) is 4.50. The molecule has 7 nitrogen and oxygen atoms in total. The molecule has 0 amide bonds. The predicted octanol–water partition coefficient (Wildman–Crippen LogP) is 4.40. The number of halogens is 4. The number of nitrogens with zero attached hydrogens (tertiary/aromatic N) is 3. The van der Waals surface area contributed by atoms with Crippen molar-refractivity contribution >= 4 is 34.3 Å². The van der Waals surface area contributed by atoms with Gasteiger partial charge in [0.05, 0.1) is 23.8 Å². The van der Waals surface area contributed by atoms with Crippen LogP contribution in [0.3, 0.4) is 0 Å². The van der Waals surface area contributed by atoms with Gasteiger partial charge in [-0.15, -0.1) is 0 Å². The summed E-state index contributed by atoms with van der Waals surface area (Å²) >= 11 is 5.98. The van der Waals surface area contributed by atoms with Crippen molar-refractivity contribution in [2.45, 2.75) is 19.3 Å². The fourth-order valence-electron chi connectivity index (χ4n) is 2.74. The smallest absolute Gasteiger partial charge is 0.266 e. The number of ether oxygens (including phenoxy) is 2. The zero-order valence-corrected chi connectivity index (χ0v) is 16.9. The average molecular weight is 442 g/mol. The molecule has 2 N–H and O–H groups in total. The topological polar surface area (TPSA) is 81.2 Å². The molecule has 0 aliphatic rings. The molecule has 1 aromatic carbocycles. The van der Waals surface area contributed by atoms with Gasteiger partial charge >= 0.3 is 0 Å². The highest BCUT2D eigenvalue weighted by Gasteiger charge is 2.17. The lowest BCUT2D eigenvalue weighted by atomic mass is 10.1. The lowest BCUT2D eigenvalue weighted by Crippen LogP contribution is -2.24. The average Bonchev–Trinajstić information content (AvgIpc) is 2.73. The van der Waals surface area contributed by atoms with Crippen LogP contribution in [-0.2, 0) is 16.0 Å². The number of fused-ring (bicyclic) bond motifs is 1. The summed E-state index contributed by atoms with van der Waals surface area (Å²) in [6.45, 7) is 0.195. The lowest BCUT2D eigenvalue weighted by Gasteiger charge is -2.16. The van der Waals surface area contributed by atoms with E-state index in [4.69, 9.17) is 21.1 Å². The minimum absolute atomic E-state index is 0.0728. The summed E-state index contributed by atoms with van der Waals surface area (Å²) < 4.78 is 50.5. The van der Waals surface area contributed by atoms with E-state index in [-0.39, 0.29) is 29.8 Å². The highest BCUT2D eigenvalue weighted by atomic mass is 35.5. The standard InChI is InChI=1S/C19H19ClF3N5O2/c1-29-15(30-2)9-26-19-27-13-8-24-14(20)6-12(13)18(28-19)25-7-10-4-3-5-11(16(10)21)17(22)23/h3-6,8,15,17H,7,9H2,1-2H3,(H2,25,26,27,28). The lowest BCUT2D eigenvalue weighted by molar-refractivity contribution is -0.0914. The van der Waals surface area contributed by atoms with Gasteiger partial charge in [-0.1, -0.05) is 29.8 Å². The summed E-state index contributed by atoms with van der Waals surface area (Å²) in [7, 11) is 3.00. The van der Waals surface area contributed by atoms with E-state index in [2.05, 4.69) is 25.6 Å². The van der Waals surface area contributed by atoms with E-state index < -0.39 is 24.1 Å². The monoisotopic (exact) mass is 441 g/mol. The maximum absolute atomic E-state index is 14.3. The van der Waals surface area contributed by atoms with Crippen LogP contribution in [0.5, 0.6) is 0 Å². The first kappa shape index (κ1) is 22.0. The Morgan fingerprint density at radius 3 is 2.60 bits per heavy atom. The molecule has 11 heteroatoms. The molecule has 2 heterocycles. The van der Waals surface area contributed by atoms with Crippen molar-refractivity contribution in [1.82, 2.24) is 15.0 Å². The number of benzene rings is 1. The van der Waals surface area contributed by atoms with Crippen molar-refractivity contribution in [3.63, 3.8) is 0 Å². The highest BCUT2D eigenvalue weighted by Crippen LogP contribution is 2.27. The summed E-state index contributed by atoms with van der Waals surface area (Å²) in [4.78, 5) is 12.8. The molecule has 3 aromatic rings. The van der Waals surface area contributed by atoms with Crippen LogP contribution in [0.15, 0.2) is 30.5 Å². The molecule has 3 rings (SSSR count). The zero-order valence-electron chi connectivity index (χ0n) is 16.1. The van der Waals surface area contributed by atoms with Gasteiger partial charge < -0.3 is 20.1 Å². The third-order valence-electron chi connectivity index (χ3n) is 4.29. The second-order valence-corrected chi connectivity index (χ2v) is 6.56. The molecule has 0 saturated carbocycles. The van der Waals surface area contributed by atoms with Gasteiger partial charge in [0.25, 0.3) is 6.43 Å². The van der Waals surface area contributed by atoms with Gasteiger partial charge in [0.15, 0.2) is 6.29 Å². The van der Waals surface area contributed by atoms with E-state index >= 15 is 0 Å². The number of alkyl halides is 2. The number of hydrogen-bond donors (Lipinski definition) is 2. The van der Waals surface area contributed by atoms with Crippen LogP contribution in [0.25, 0.3) is 10.9 Å². The Bertz CT molecular complexity index is 1020. The van der Waals surface area contributed by atoms with Gasteiger partial charge in [0.2, 0.25) is 5.95 Å². The molecule has 0 radical (unpaired) electrons. The van der Waals surface area contributed by atoms with E-state index in [0.29, 0.717) is 16.7 Å². The third kappa shape index (κ3) is 5.07. The molecular weight excluding hydrogens is 423 g/mol. The van der Waals surface area contributed by atoms with Crippen molar-refractivity contribution in [2.24, 2.45) is 0 Å². The van der Waals surface area contributed by atoms with Crippen LogP contribution in [0.1, 0.15) is 17.6 Å². The number of methoxy groups -OCH3 is 2. The molecule has 0 fully saturated rings. The first-order valence-corrected chi connectivity index (χ1v) is 9.22. The fraction of sp³-hybridized carbons (Fsp3) is 0.316. The molecule has 0 bridgehead atoms. The number of hydrogen-bond acceptors (Lipinski definition) is 7. The molecule has 0 aliphatic carbocycles. The van der Waals surface area contributed by atoms with Crippen molar-refractivity contribution in [3.8, 4) is 0 Å². The van der Waals surface area contributed by atoms with E-state index in [1.807, 2.05) is 0 Å². The summed E-state index contributed by atoms with van der Waals surface area (Å²) in [5, 5.41) is 6.71. The maximum Gasteiger partial charge on any atom is 0.266 e. The van der Waals surface area contributed by atoms with Gasteiger partial charge in [-0.25, -0.2) is 23.1 Å². The Balaban J connectivity index is 1.90. The fourth-order valence-corrected chi connectivity index (χ4v) is 2.90. The number of aromatic nitrogens is 3. The van der Waals surface area contributed by atoms with Crippen LogP contribution >= 0.6 is 11.6 Å². The SMILES string of the molecule is COC(CNc1nc(NCc2cccc(C(F)F)c2F)c2cc(Cl)ncc2n1)OC. The van der Waals surface area contributed by atoms with E-state index in [1.165, 1.54) is 32.5 Å². The molecule has 0 aliphatic heterocycles. The minimum atomic E-state index is -2.90. The predicted molar refractivity (Wildman–Crippen MR) is 107 cm³/mol. The largest absolute Gasteiger partial charge is 0.365 e. The van der Waals surface area contributed by atoms with Crippen LogP contribution in [-0.4, -0.2) is 42.0 Å². The Labute approximate surface area is 175 Å². The minimum Gasteiger partial charge on any atom is -0.365 e. The zero-order chi connectivity index (χ0) is 21.7. The molecule has 0 saturated heterocycles. The Morgan fingerprint density at radius 2 is 1.90 bits per heavy atom. The van der Waals surface area contributed by atoms with Gasteiger partial charge in [0, 0.05) is 31.7 Å². The normalized spacial score (nSPS) is 11.5. The van der Waals surface area contributed by atoms with Gasteiger partial charge in [-0.05, 0) is 6.07 Å². The van der Waals surface area contributed by atoms with Crippen molar-refractivity contribution in [1.29, 1.82) is 0 Å². The molecule has 30 heavy (non-hydrogen) atoms. The Hall–Kier alpha value is -2.69.